The van der Waals surface area contributed by atoms with Crippen LogP contribution in [0.15, 0.2) is 77.7 Å². The van der Waals surface area contributed by atoms with Crippen molar-refractivity contribution in [1.82, 2.24) is 0 Å². The first-order chi connectivity index (χ1) is 15.8. The Hall–Kier alpha value is -3.69. The molecule has 2 amide bonds. The van der Waals surface area contributed by atoms with Crippen molar-refractivity contribution in [3.05, 3.63) is 83.9 Å². The second-order valence-electron chi connectivity index (χ2n) is 6.99. The molecule has 168 valence electrons. The van der Waals surface area contributed by atoms with Crippen molar-refractivity contribution in [1.29, 1.82) is 0 Å². The maximum atomic E-state index is 12.3. The lowest BCUT2D eigenvalue weighted by Crippen LogP contribution is -2.19. The van der Waals surface area contributed by atoms with Crippen LogP contribution in [0.5, 0.6) is 0 Å². The molecule has 0 bridgehead atoms. The lowest BCUT2D eigenvalue weighted by Gasteiger charge is -2.12. The number of ketones is 1. The van der Waals surface area contributed by atoms with E-state index in [4.69, 9.17) is 18.0 Å². The second-order valence-corrected chi connectivity index (χ2v) is 8.44. The van der Waals surface area contributed by atoms with E-state index in [-0.39, 0.29) is 23.0 Å². The number of nitrogens with one attached hydrogen (secondary N) is 3. The molecule has 0 atom stereocenters. The molecule has 3 aromatic rings. The van der Waals surface area contributed by atoms with Crippen LogP contribution in [0.2, 0.25) is 0 Å². The number of carbonyl (C=O) groups excluding carboxylic acids is 3. The van der Waals surface area contributed by atoms with Crippen molar-refractivity contribution in [3.8, 4) is 0 Å². The Kier molecular flexibility index (Phi) is 8.17. The molecule has 33 heavy (non-hydrogen) atoms. The number of hydrogen-bond donors (Lipinski definition) is 4. The third kappa shape index (κ3) is 7.16. The number of thioether (sulfide) groups is 1. The van der Waals surface area contributed by atoms with Gasteiger partial charge in [-0.15, -0.1) is 11.8 Å². The van der Waals surface area contributed by atoms with Crippen LogP contribution in [0.1, 0.15) is 27.6 Å². The van der Waals surface area contributed by atoms with Gasteiger partial charge in [0.15, 0.2) is 10.9 Å². The van der Waals surface area contributed by atoms with Gasteiger partial charge in [0.25, 0.3) is 5.91 Å². The van der Waals surface area contributed by atoms with Crippen molar-refractivity contribution in [2.24, 2.45) is 5.73 Å². The molecule has 0 aliphatic heterocycles. The number of hydrogen-bond acceptors (Lipinski definition) is 5. The average Bonchev–Trinajstić information content (AvgIpc) is 2.78. The number of Topliss-reactive ketones (excluding diaryl/α,β-unsaturated/α-hetero) is 1. The minimum absolute atomic E-state index is 0.00215. The molecular formula is C24H22N4O3S2. The van der Waals surface area contributed by atoms with Gasteiger partial charge in [-0.25, -0.2) is 0 Å². The molecule has 7 nitrogen and oxygen atoms in total. The van der Waals surface area contributed by atoms with E-state index >= 15 is 0 Å². The molecule has 0 saturated carbocycles. The summed E-state index contributed by atoms with van der Waals surface area (Å²) < 4.78 is 0. The number of benzene rings is 3. The molecule has 3 rings (SSSR count). The molecule has 3 aromatic carbocycles. The highest BCUT2D eigenvalue weighted by atomic mass is 32.2. The van der Waals surface area contributed by atoms with Crippen LogP contribution in [0.3, 0.4) is 0 Å². The highest BCUT2D eigenvalue weighted by Crippen LogP contribution is 2.23. The van der Waals surface area contributed by atoms with Crippen LogP contribution in [0.4, 0.5) is 17.1 Å². The predicted molar refractivity (Wildman–Crippen MR) is 137 cm³/mol. The summed E-state index contributed by atoms with van der Waals surface area (Å²) in [5.41, 5.74) is 8.15. The summed E-state index contributed by atoms with van der Waals surface area (Å²) >= 11 is 6.71. The fourth-order valence-corrected chi connectivity index (χ4v) is 3.88. The molecule has 0 aliphatic carbocycles. The van der Waals surface area contributed by atoms with Crippen molar-refractivity contribution >= 4 is 63.8 Å². The highest BCUT2D eigenvalue weighted by molar-refractivity contribution is 8.00. The van der Waals surface area contributed by atoms with E-state index in [1.807, 2.05) is 24.3 Å². The monoisotopic (exact) mass is 478 g/mol. The van der Waals surface area contributed by atoms with E-state index in [0.29, 0.717) is 16.4 Å². The third-order valence-corrected chi connectivity index (χ3v) is 5.68. The summed E-state index contributed by atoms with van der Waals surface area (Å²) in [5, 5.41) is 9.29. The van der Waals surface area contributed by atoms with E-state index in [1.54, 1.807) is 48.5 Å². The first-order valence-corrected chi connectivity index (χ1v) is 11.3. The maximum Gasteiger partial charge on any atom is 0.250 e. The Morgan fingerprint density at radius 1 is 0.879 bits per heavy atom. The predicted octanol–water partition coefficient (Wildman–Crippen LogP) is 4.53. The molecule has 0 saturated heterocycles. The fraction of sp³-hybridized carbons (Fsp3) is 0.0833. The van der Waals surface area contributed by atoms with E-state index in [2.05, 4.69) is 16.0 Å². The number of carbonyl (C=O) groups is 3. The van der Waals surface area contributed by atoms with Crippen molar-refractivity contribution in [2.75, 3.05) is 21.7 Å². The zero-order chi connectivity index (χ0) is 23.8. The van der Waals surface area contributed by atoms with Gasteiger partial charge in [-0.2, -0.15) is 0 Å². The van der Waals surface area contributed by atoms with Gasteiger partial charge in [0.1, 0.15) is 0 Å². The molecule has 0 radical (unpaired) electrons. The summed E-state index contributed by atoms with van der Waals surface area (Å²) in [6.45, 7) is 1.52. The largest absolute Gasteiger partial charge is 0.366 e. The molecular weight excluding hydrogens is 456 g/mol. The summed E-state index contributed by atoms with van der Waals surface area (Å²) in [4.78, 5) is 36.1. The van der Waals surface area contributed by atoms with E-state index in [0.717, 1.165) is 16.3 Å². The van der Waals surface area contributed by atoms with E-state index < -0.39 is 5.91 Å². The Morgan fingerprint density at radius 3 is 2.27 bits per heavy atom. The first-order valence-electron chi connectivity index (χ1n) is 9.92. The van der Waals surface area contributed by atoms with Gasteiger partial charge in [0, 0.05) is 21.8 Å². The third-order valence-electron chi connectivity index (χ3n) is 4.48. The zero-order valence-corrected chi connectivity index (χ0v) is 19.4. The van der Waals surface area contributed by atoms with Crippen molar-refractivity contribution < 1.29 is 14.4 Å². The van der Waals surface area contributed by atoms with Crippen LogP contribution in [-0.4, -0.2) is 28.5 Å². The van der Waals surface area contributed by atoms with Gasteiger partial charge in [0.05, 0.1) is 17.0 Å². The van der Waals surface area contributed by atoms with Gasteiger partial charge in [-0.3, -0.25) is 14.4 Å². The molecule has 0 aromatic heterocycles. The van der Waals surface area contributed by atoms with Gasteiger partial charge < -0.3 is 21.7 Å². The van der Waals surface area contributed by atoms with Crippen LogP contribution in [-0.2, 0) is 4.79 Å². The number of rotatable bonds is 8. The maximum absolute atomic E-state index is 12.3. The summed E-state index contributed by atoms with van der Waals surface area (Å²) in [5.74, 6) is -0.695. The van der Waals surface area contributed by atoms with Crippen molar-refractivity contribution in [3.63, 3.8) is 0 Å². The molecule has 0 heterocycles. The first kappa shape index (κ1) is 24.0. The molecule has 0 unspecified atom stereocenters. The zero-order valence-electron chi connectivity index (χ0n) is 17.8. The molecule has 0 spiro atoms. The lowest BCUT2D eigenvalue weighted by molar-refractivity contribution is -0.113. The normalized spacial score (nSPS) is 10.2. The van der Waals surface area contributed by atoms with Crippen LogP contribution >= 0.6 is 24.0 Å². The lowest BCUT2D eigenvalue weighted by atomic mass is 10.1. The quantitative estimate of drug-likeness (QED) is 0.214. The average molecular weight is 479 g/mol. The van der Waals surface area contributed by atoms with Gasteiger partial charge in [-0.1, -0.05) is 18.2 Å². The smallest absolute Gasteiger partial charge is 0.250 e. The Labute approximate surface area is 201 Å². The van der Waals surface area contributed by atoms with Gasteiger partial charge in [-0.05, 0) is 73.7 Å². The number of thiocarbonyl (C=S) groups is 1. The van der Waals surface area contributed by atoms with Crippen LogP contribution < -0.4 is 21.7 Å². The number of amides is 2. The number of primary amides is 1. The second kappa shape index (κ2) is 11.3. The SMILES string of the molecule is CC(=O)c1ccc(NC(=S)Nc2cccc(SCC(=O)Nc3ccccc3C(N)=O)c2)cc1. The molecule has 9 heteroatoms. The molecule has 5 N–H and O–H groups in total. The number of nitrogens with two attached hydrogens (primary N) is 1. The number of anilines is 3. The molecule has 0 aliphatic rings. The summed E-state index contributed by atoms with van der Waals surface area (Å²) in [6, 6.07) is 21.1. The van der Waals surface area contributed by atoms with Crippen molar-refractivity contribution in [2.45, 2.75) is 11.8 Å². The molecule has 0 fully saturated rings. The standard InChI is InChI=1S/C24H22N4O3S2/c1-15(29)16-9-11-17(12-10-16)26-24(32)27-18-5-4-6-19(13-18)33-14-22(30)28-21-8-3-2-7-20(21)23(25)31/h2-13H,14H2,1H3,(H2,25,31)(H,28,30)(H2,26,27,32). The topological polar surface area (TPSA) is 113 Å². The highest BCUT2D eigenvalue weighted by Gasteiger charge is 2.11. The van der Waals surface area contributed by atoms with Gasteiger partial charge >= 0.3 is 0 Å². The summed E-state index contributed by atoms with van der Waals surface area (Å²) in [7, 11) is 0. The fourth-order valence-electron chi connectivity index (χ4n) is 2.89. The number of para-hydroxylation sites is 1. The minimum Gasteiger partial charge on any atom is -0.366 e. The Morgan fingerprint density at radius 2 is 1.58 bits per heavy atom. The van der Waals surface area contributed by atoms with Crippen LogP contribution in [0, 0.1) is 0 Å². The minimum atomic E-state index is -0.600. The Bertz CT molecular complexity index is 1200. The van der Waals surface area contributed by atoms with E-state index in [1.165, 1.54) is 18.7 Å². The summed E-state index contributed by atoms with van der Waals surface area (Å²) in [6.07, 6.45) is 0. The van der Waals surface area contributed by atoms with Crippen LogP contribution in [0.25, 0.3) is 0 Å². The van der Waals surface area contributed by atoms with E-state index in [9.17, 15) is 14.4 Å². The van der Waals surface area contributed by atoms with Gasteiger partial charge in [0.2, 0.25) is 5.91 Å². The Balaban J connectivity index is 1.54.